The molecule has 0 aliphatic rings. The highest BCUT2D eigenvalue weighted by Crippen LogP contribution is 2.33. The van der Waals surface area contributed by atoms with Crippen LogP contribution in [0.5, 0.6) is 0 Å². The van der Waals surface area contributed by atoms with Crippen LogP contribution in [0.2, 0.25) is 0 Å². The van der Waals surface area contributed by atoms with Gasteiger partial charge in [-0.2, -0.15) is 4.57 Å². The van der Waals surface area contributed by atoms with Crippen molar-refractivity contribution >= 4 is 11.6 Å². The van der Waals surface area contributed by atoms with Gasteiger partial charge in [0.2, 0.25) is 0 Å². The molecule has 174 valence electrons. The Morgan fingerprint density at radius 2 is 1.12 bits per heavy atom. The van der Waals surface area contributed by atoms with Gasteiger partial charge in [0.15, 0.2) is 5.69 Å². The maximum atomic E-state index is 6.52. The summed E-state index contributed by atoms with van der Waals surface area (Å²) in [4.78, 5) is 0. The van der Waals surface area contributed by atoms with E-state index in [1.165, 1.54) is 33.6 Å². The number of hydrogen-bond acceptors (Lipinski definition) is 0. The minimum absolute atomic E-state index is 0. The number of aromatic nitrogens is 2. The molecule has 0 N–H and O–H groups in total. The summed E-state index contributed by atoms with van der Waals surface area (Å²) < 4.78 is 4.64. The Bertz CT molecular complexity index is 993. The largest absolute Gasteiger partial charge is 1.00 e. The van der Waals surface area contributed by atoms with Crippen LogP contribution in [0.3, 0.4) is 0 Å². The fourth-order valence-corrected chi connectivity index (χ4v) is 4.67. The minimum Gasteiger partial charge on any atom is -1.00 e. The van der Waals surface area contributed by atoms with Gasteiger partial charge in [-0.1, -0.05) is 91.8 Å². The first-order valence-electron chi connectivity index (χ1n) is 11.6. The van der Waals surface area contributed by atoms with E-state index in [-0.39, 0.29) is 12.4 Å². The molecule has 0 bridgehead atoms. The Morgan fingerprint density at radius 1 is 0.719 bits per heavy atom. The number of benzene rings is 2. The highest BCUT2D eigenvalue weighted by Gasteiger charge is 2.27. The first-order valence-corrected chi connectivity index (χ1v) is 12.2. The molecule has 0 saturated heterocycles. The Labute approximate surface area is 206 Å². The van der Waals surface area contributed by atoms with Crippen LogP contribution in [0, 0.1) is 0 Å². The molecule has 1 heterocycles. The van der Waals surface area contributed by atoms with Crippen LogP contribution in [-0.4, -0.2) is 4.57 Å². The monoisotopic (exact) mass is 472 g/mol. The number of alkyl halides is 1. The standard InChI is InChI=1S/C28H38ClN2.ClH/c1-18(2)23-11-9-12-24(19(3)4)27(23)30-16-22(15-29)31(17-30)28-25(20(5)6)13-10-14-26(28)21(7)8;/h9-14,16-21H,15H2,1-8H3;1H/q+1;/p-1. The van der Waals surface area contributed by atoms with Crippen molar-refractivity contribution in [2.75, 3.05) is 0 Å². The predicted octanol–water partition coefficient (Wildman–Crippen LogP) is 4.99. The van der Waals surface area contributed by atoms with Crippen molar-refractivity contribution in [3.8, 4) is 11.4 Å². The number of para-hydroxylation sites is 2. The molecular weight excluding hydrogens is 435 g/mol. The van der Waals surface area contributed by atoms with Gasteiger partial charge in [-0.3, -0.25) is 0 Å². The SMILES string of the molecule is CC(C)c1cccc(C(C)C)c1-n1c[n+](-c2c(C(C)C)cccc2C(C)C)cc1CCl.[Cl-]. The quantitative estimate of drug-likeness (QED) is 0.338. The van der Waals surface area contributed by atoms with Crippen LogP contribution in [0.1, 0.15) is 107 Å². The molecule has 32 heavy (non-hydrogen) atoms. The second kappa shape index (κ2) is 10.9. The summed E-state index contributed by atoms with van der Waals surface area (Å²) >= 11 is 6.52. The van der Waals surface area contributed by atoms with E-state index >= 15 is 0 Å². The van der Waals surface area contributed by atoms with Gasteiger partial charge in [-0.25, -0.2) is 4.57 Å². The summed E-state index contributed by atoms with van der Waals surface area (Å²) in [5, 5.41) is 0. The average Bonchev–Trinajstić information content (AvgIpc) is 3.16. The van der Waals surface area contributed by atoms with E-state index in [1.807, 2.05) is 0 Å². The predicted molar refractivity (Wildman–Crippen MR) is 133 cm³/mol. The molecule has 0 unspecified atom stereocenters. The highest BCUT2D eigenvalue weighted by atomic mass is 35.5. The van der Waals surface area contributed by atoms with Crippen LogP contribution in [-0.2, 0) is 5.88 Å². The van der Waals surface area contributed by atoms with Crippen molar-refractivity contribution in [3.63, 3.8) is 0 Å². The summed E-state index contributed by atoms with van der Waals surface area (Å²) in [6.07, 6.45) is 4.47. The molecule has 3 rings (SSSR count). The lowest BCUT2D eigenvalue weighted by molar-refractivity contribution is -0.596. The second-order valence-electron chi connectivity index (χ2n) is 9.84. The first-order chi connectivity index (χ1) is 14.7. The Morgan fingerprint density at radius 3 is 1.50 bits per heavy atom. The van der Waals surface area contributed by atoms with E-state index in [2.05, 4.69) is 113 Å². The number of halogens is 2. The topological polar surface area (TPSA) is 8.81 Å². The second-order valence-corrected chi connectivity index (χ2v) is 10.1. The summed E-state index contributed by atoms with van der Waals surface area (Å²) in [5.41, 5.74) is 9.17. The van der Waals surface area contributed by atoms with Crippen LogP contribution in [0.4, 0.5) is 0 Å². The van der Waals surface area contributed by atoms with Gasteiger partial charge in [0.25, 0.3) is 6.33 Å². The molecule has 2 nitrogen and oxygen atoms in total. The van der Waals surface area contributed by atoms with Gasteiger partial charge < -0.3 is 12.4 Å². The normalized spacial score (nSPS) is 11.7. The number of nitrogens with zero attached hydrogens (tertiary/aromatic N) is 2. The van der Waals surface area contributed by atoms with Gasteiger partial charge in [0.1, 0.15) is 17.6 Å². The maximum absolute atomic E-state index is 6.52. The lowest BCUT2D eigenvalue weighted by atomic mass is 9.92. The van der Waals surface area contributed by atoms with Crippen molar-refractivity contribution < 1.29 is 17.0 Å². The summed E-state index contributed by atoms with van der Waals surface area (Å²) in [6, 6.07) is 13.4. The van der Waals surface area contributed by atoms with E-state index < -0.39 is 0 Å². The summed E-state index contributed by atoms with van der Waals surface area (Å²) in [6.45, 7) is 18.2. The number of rotatable bonds is 7. The molecular formula is C28H38Cl2N2. The first kappa shape index (κ1) is 26.5. The van der Waals surface area contributed by atoms with Crippen molar-refractivity contribution in [2.45, 2.75) is 84.9 Å². The van der Waals surface area contributed by atoms with E-state index in [0.717, 1.165) is 5.69 Å². The third-order valence-electron chi connectivity index (χ3n) is 6.16. The molecule has 0 aliphatic carbocycles. The van der Waals surface area contributed by atoms with Gasteiger partial charge in [-0.15, -0.1) is 11.6 Å². The zero-order valence-electron chi connectivity index (χ0n) is 20.8. The van der Waals surface area contributed by atoms with Crippen molar-refractivity contribution in [1.82, 2.24) is 4.57 Å². The molecule has 0 fully saturated rings. The van der Waals surface area contributed by atoms with Crippen LogP contribution in [0.15, 0.2) is 48.9 Å². The molecule has 1 aromatic heterocycles. The van der Waals surface area contributed by atoms with Gasteiger partial charge >= 0.3 is 0 Å². The number of imidazole rings is 1. The molecule has 0 saturated carbocycles. The molecule has 4 heteroatoms. The molecule has 3 aromatic rings. The third-order valence-corrected chi connectivity index (χ3v) is 6.43. The van der Waals surface area contributed by atoms with Crippen LogP contribution < -0.4 is 17.0 Å². The highest BCUT2D eigenvalue weighted by molar-refractivity contribution is 6.16. The molecule has 0 aliphatic heterocycles. The lowest BCUT2D eigenvalue weighted by Crippen LogP contribution is -3.00. The molecule has 2 aromatic carbocycles. The Balaban J connectivity index is 0.00000363. The Kier molecular flexibility index (Phi) is 9.02. The van der Waals surface area contributed by atoms with E-state index in [9.17, 15) is 0 Å². The molecule has 0 radical (unpaired) electrons. The zero-order valence-corrected chi connectivity index (χ0v) is 22.3. The van der Waals surface area contributed by atoms with Crippen molar-refractivity contribution in [1.29, 1.82) is 0 Å². The lowest BCUT2D eigenvalue weighted by Gasteiger charge is -2.17. The zero-order chi connectivity index (χ0) is 22.9. The van der Waals surface area contributed by atoms with Gasteiger partial charge in [-0.05, 0) is 23.7 Å². The average molecular weight is 474 g/mol. The summed E-state index contributed by atoms with van der Waals surface area (Å²) in [7, 11) is 0. The fourth-order valence-electron chi connectivity index (χ4n) is 4.48. The van der Waals surface area contributed by atoms with E-state index in [4.69, 9.17) is 11.6 Å². The molecule has 0 atom stereocenters. The third kappa shape index (κ3) is 5.07. The smallest absolute Gasteiger partial charge is 0.254 e. The van der Waals surface area contributed by atoms with Crippen LogP contribution >= 0.6 is 11.6 Å². The molecule has 0 amide bonds. The summed E-state index contributed by atoms with van der Waals surface area (Å²) in [5.74, 6) is 2.22. The number of hydrogen-bond donors (Lipinski definition) is 0. The van der Waals surface area contributed by atoms with E-state index in [0.29, 0.717) is 29.6 Å². The minimum atomic E-state index is 0. The fraction of sp³-hybridized carbons (Fsp3) is 0.464. The van der Waals surface area contributed by atoms with Crippen molar-refractivity contribution in [3.05, 3.63) is 76.9 Å². The molecule has 0 spiro atoms. The van der Waals surface area contributed by atoms with Gasteiger partial charge in [0.05, 0.1) is 5.88 Å². The van der Waals surface area contributed by atoms with Crippen molar-refractivity contribution in [2.24, 2.45) is 0 Å². The Hall–Kier alpha value is -1.77. The van der Waals surface area contributed by atoms with Gasteiger partial charge in [0, 0.05) is 22.3 Å². The van der Waals surface area contributed by atoms with E-state index in [1.54, 1.807) is 0 Å². The van der Waals surface area contributed by atoms with Crippen LogP contribution in [0.25, 0.3) is 11.4 Å². The maximum Gasteiger partial charge on any atom is 0.254 e.